The highest BCUT2D eigenvalue weighted by Gasteiger charge is 2.30. The minimum Gasteiger partial charge on any atom is -0.481 e. The van der Waals surface area contributed by atoms with Gasteiger partial charge in [-0.25, -0.2) is 0 Å². The molecule has 0 aliphatic rings. The number of aliphatic carboxylic acids is 1. The van der Waals surface area contributed by atoms with E-state index in [1.165, 1.54) is 13.8 Å². The molecule has 0 unspecified atom stereocenters. The summed E-state index contributed by atoms with van der Waals surface area (Å²) in [5.74, 6) is -1.38. The number of amides is 1. The first-order valence-electron chi connectivity index (χ1n) is 5.11. The lowest BCUT2D eigenvalue weighted by molar-refractivity contribution is -0.148. The topological polar surface area (TPSA) is 66.4 Å². The second-order valence-corrected chi connectivity index (χ2v) is 4.80. The molecule has 0 fully saturated rings. The number of carbonyl (C=O) groups is 2. The number of hydrogen-bond acceptors (Lipinski definition) is 2. The standard InChI is InChI=1S/C12H14ClNO3/c1-12(2,11(16)17)7-10(15)14-9-6-4-3-5-8(9)13/h3-6H,7H2,1-2H3,(H,14,15)(H,16,17). The summed E-state index contributed by atoms with van der Waals surface area (Å²) in [7, 11) is 0. The fraction of sp³-hybridized carbons (Fsp3) is 0.333. The molecule has 1 amide bonds. The Bertz CT molecular complexity index is 443. The molecular weight excluding hydrogens is 242 g/mol. The van der Waals surface area contributed by atoms with E-state index in [-0.39, 0.29) is 12.3 Å². The van der Waals surface area contributed by atoms with E-state index in [2.05, 4.69) is 5.32 Å². The predicted molar refractivity (Wildman–Crippen MR) is 66.1 cm³/mol. The van der Waals surface area contributed by atoms with Crippen LogP contribution in [0.15, 0.2) is 24.3 Å². The summed E-state index contributed by atoms with van der Waals surface area (Å²) in [6, 6.07) is 6.80. The first-order chi connectivity index (χ1) is 7.83. The number of rotatable bonds is 4. The van der Waals surface area contributed by atoms with Crippen LogP contribution in [0.25, 0.3) is 0 Å². The summed E-state index contributed by atoms with van der Waals surface area (Å²) in [5, 5.41) is 11.9. The Morgan fingerprint density at radius 3 is 2.47 bits per heavy atom. The SMILES string of the molecule is CC(C)(CC(=O)Nc1ccccc1Cl)C(=O)O. The molecule has 0 atom stereocenters. The molecule has 0 aliphatic heterocycles. The summed E-state index contributed by atoms with van der Waals surface area (Å²) in [4.78, 5) is 22.5. The van der Waals surface area contributed by atoms with Crippen molar-refractivity contribution in [1.29, 1.82) is 0 Å². The molecular formula is C12H14ClNO3. The van der Waals surface area contributed by atoms with Crippen molar-refractivity contribution < 1.29 is 14.7 Å². The number of benzene rings is 1. The average Bonchev–Trinajstić information content (AvgIpc) is 2.20. The van der Waals surface area contributed by atoms with Gasteiger partial charge in [0, 0.05) is 6.42 Å². The second-order valence-electron chi connectivity index (χ2n) is 4.39. The van der Waals surface area contributed by atoms with Crippen LogP contribution in [0.1, 0.15) is 20.3 Å². The number of carboxylic acid groups (broad SMARTS) is 1. The number of nitrogens with one attached hydrogen (secondary N) is 1. The van der Waals surface area contributed by atoms with E-state index in [0.29, 0.717) is 10.7 Å². The third-order valence-corrected chi connectivity index (χ3v) is 2.66. The van der Waals surface area contributed by atoms with Crippen LogP contribution in [0.2, 0.25) is 5.02 Å². The van der Waals surface area contributed by atoms with E-state index in [1.807, 2.05) is 0 Å². The lowest BCUT2D eigenvalue weighted by Gasteiger charge is -2.18. The van der Waals surface area contributed by atoms with Crippen molar-refractivity contribution >= 4 is 29.2 Å². The van der Waals surface area contributed by atoms with E-state index in [1.54, 1.807) is 24.3 Å². The van der Waals surface area contributed by atoms with E-state index in [9.17, 15) is 9.59 Å². The lowest BCUT2D eigenvalue weighted by Crippen LogP contribution is -2.29. The maximum Gasteiger partial charge on any atom is 0.309 e. The van der Waals surface area contributed by atoms with Crippen molar-refractivity contribution in [2.75, 3.05) is 5.32 Å². The number of hydrogen-bond donors (Lipinski definition) is 2. The molecule has 92 valence electrons. The second kappa shape index (κ2) is 5.19. The van der Waals surface area contributed by atoms with Gasteiger partial charge in [-0.1, -0.05) is 23.7 Å². The molecule has 1 aromatic rings. The third-order valence-electron chi connectivity index (χ3n) is 2.33. The lowest BCUT2D eigenvalue weighted by atomic mass is 9.89. The minimum absolute atomic E-state index is 0.104. The van der Waals surface area contributed by atoms with Crippen LogP contribution < -0.4 is 5.32 Å². The van der Waals surface area contributed by atoms with Crippen molar-refractivity contribution in [3.63, 3.8) is 0 Å². The Morgan fingerprint density at radius 2 is 1.94 bits per heavy atom. The molecule has 0 spiro atoms. The molecule has 0 aromatic heterocycles. The van der Waals surface area contributed by atoms with Crippen molar-refractivity contribution in [3.05, 3.63) is 29.3 Å². The maximum atomic E-state index is 11.7. The van der Waals surface area contributed by atoms with Gasteiger partial charge in [-0.15, -0.1) is 0 Å². The van der Waals surface area contributed by atoms with E-state index >= 15 is 0 Å². The number of halogens is 1. The van der Waals surface area contributed by atoms with Gasteiger partial charge < -0.3 is 10.4 Å². The van der Waals surface area contributed by atoms with Gasteiger partial charge in [0.2, 0.25) is 5.91 Å². The van der Waals surface area contributed by atoms with Crippen LogP contribution in [0, 0.1) is 5.41 Å². The van der Waals surface area contributed by atoms with Gasteiger partial charge in [0.25, 0.3) is 0 Å². The quantitative estimate of drug-likeness (QED) is 0.869. The molecule has 5 heteroatoms. The Kier molecular flexibility index (Phi) is 4.12. The first-order valence-corrected chi connectivity index (χ1v) is 5.48. The first kappa shape index (κ1) is 13.5. The van der Waals surface area contributed by atoms with Crippen LogP contribution in [-0.4, -0.2) is 17.0 Å². The molecule has 17 heavy (non-hydrogen) atoms. The van der Waals surface area contributed by atoms with Crippen molar-refractivity contribution in [3.8, 4) is 0 Å². The van der Waals surface area contributed by atoms with Gasteiger partial charge in [-0.3, -0.25) is 9.59 Å². The Labute approximate surface area is 105 Å². The van der Waals surface area contributed by atoms with Crippen LogP contribution in [0.3, 0.4) is 0 Å². The van der Waals surface area contributed by atoms with E-state index in [4.69, 9.17) is 16.7 Å². The van der Waals surface area contributed by atoms with Crippen LogP contribution in [0.5, 0.6) is 0 Å². The normalized spacial score (nSPS) is 11.0. The molecule has 0 aliphatic carbocycles. The summed E-state index contributed by atoms with van der Waals surface area (Å²) in [5.41, 5.74) is -0.605. The molecule has 4 nitrogen and oxygen atoms in total. The molecule has 1 aromatic carbocycles. The molecule has 0 heterocycles. The monoisotopic (exact) mass is 255 g/mol. The Hall–Kier alpha value is -1.55. The molecule has 2 N–H and O–H groups in total. The highest BCUT2D eigenvalue weighted by atomic mass is 35.5. The highest BCUT2D eigenvalue weighted by Crippen LogP contribution is 2.24. The van der Waals surface area contributed by atoms with Gasteiger partial charge in [0.15, 0.2) is 0 Å². The zero-order chi connectivity index (χ0) is 13.1. The fourth-order valence-corrected chi connectivity index (χ4v) is 1.42. The summed E-state index contributed by atoms with van der Waals surface area (Å²) in [6.07, 6.45) is -0.104. The van der Waals surface area contributed by atoms with Crippen LogP contribution >= 0.6 is 11.6 Å². The summed E-state index contributed by atoms with van der Waals surface area (Å²) < 4.78 is 0. The summed E-state index contributed by atoms with van der Waals surface area (Å²) in [6.45, 7) is 3.00. The molecule has 0 bridgehead atoms. The number of carbonyl (C=O) groups excluding carboxylic acids is 1. The number of anilines is 1. The van der Waals surface area contributed by atoms with Gasteiger partial charge in [-0.2, -0.15) is 0 Å². The van der Waals surface area contributed by atoms with Gasteiger partial charge in [0.1, 0.15) is 0 Å². The van der Waals surface area contributed by atoms with Crippen LogP contribution in [-0.2, 0) is 9.59 Å². The summed E-state index contributed by atoms with van der Waals surface area (Å²) >= 11 is 5.87. The van der Waals surface area contributed by atoms with Crippen molar-refractivity contribution in [2.24, 2.45) is 5.41 Å². The number of carboxylic acids is 1. The van der Waals surface area contributed by atoms with Crippen molar-refractivity contribution in [2.45, 2.75) is 20.3 Å². The van der Waals surface area contributed by atoms with E-state index < -0.39 is 11.4 Å². The fourth-order valence-electron chi connectivity index (χ4n) is 1.23. The molecule has 0 saturated heterocycles. The Balaban J connectivity index is 2.69. The largest absolute Gasteiger partial charge is 0.481 e. The van der Waals surface area contributed by atoms with Crippen LogP contribution in [0.4, 0.5) is 5.69 Å². The predicted octanol–water partition coefficient (Wildman–Crippen LogP) is 2.78. The zero-order valence-electron chi connectivity index (χ0n) is 9.66. The van der Waals surface area contributed by atoms with Gasteiger partial charge in [-0.05, 0) is 26.0 Å². The zero-order valence-corrected chi connectivity index (χ0v) is 10.4. The van der Waals surface area contributed by atoms with Gasteiger partial charge >= 0.3 is 5.97 Å². The van der Waals surface area contributed by atoms with E-state index in [0.717, 1.165) is 0 Å². The molecule has 0 radical (unpaired) electrons. The highest BCUT2D eigenvalue weighted by molar-refractivity contribution is 6.33. The molecule has 1 rings (SSSR count). The minimum atomic E-state index is -1.09. The smallest absolute Gasteiger partial charge is 0.309 e. The third kappa shape index (κ3) is 3.75. The molecule has 0 saturated carbocycles. The maximum absolute atomic E-state index is 11.7. The number of para-hydroxylation sites is 1. The van der Waals surface area contributed by atoms with Gasteiger partial charge in [0.05, 0.1) is 16.1 Å². The Morgan fingerprint density at radius 1 is 1.35 bits per heavy atom. The average molecular weight is 256 g/mol. The van der Waals surface area contributed by atoms with Crippen molar-refractivity contribution in [1.82, 2.24) is 0 Å².